The number of carbonyl (C=O) groups is 1. The fraction of sp³-hybridized carbons (Fsp3) is 0.318. The maximum Gasteiger partial charge on any atom is 0.242 e. The van der Waals surface area contributed by atoms with Crippen LogP contribution in [0.5, 0.6) is 11.5 Å². The van der Waals surface area contributed by atoms with Gasteiger partial charge in [-0.1, -0.05) is 0 Å². The van der Waals surface area contributed by atoms with Crippen molar-refractivity contribution in [2.75, 3.05) is 18.7 Å². The van der Waals surface area contributed by atoms with Crippen LogP contribution in [0.25, 0.3) is 11.3 Å². The third-order valence-electron chi connectivity index (χ3n) is 5.77. The fourth-order valence-electron chi connectivity index (χ4n) is 4.20. The molecule has 1 aromatic carbocycles. The lowest BCUT2D eigenvalue weighted by Crippen LogP contribution is -2.39. The van der Waals surface area contributed by atoms with Gasteiger partial charge < -0.3 is 14.8 Å². The average molecular weight is 459 g/mol. The number of likely N-dealkylation sites (tertiary alicyclic amines) is 1. The number of benzene rings is 1. The highest BCUT2D eigenvalue weighted by Gasteiger charge is 2.38. The summed E-state index contributed by atoms with van der Waals surface area (Å²) in [7, 11) is 1.65. The molecule has 0 aliphatic carbocycles. The van der Waals surface area contributed by atoms with Gasteiger partial charge in [0, 0.05) is 50.6 Å². The standard InChI is InChI=1S/C22H20F3N5O3/c1-29-17(2-5-27-29)12-6-14(24)20(15(25)7-12)28-22(31)18-8-13(23)9-30(18)10-16-21-19(3-4-26-16)32-11-33-21/h2-7,13,18H,8-11H2,1H3,(H,28,31)/t13-,18+/m0/s1. The monoisotopic (exact) mass is 459 g/mol. The summed E-state index contributed by atoms with van der Waals surface area (Å²) >= 11 is 0. The Kier molecular flexibility index (Phi) is 5.41. The van der Waals surface area contributed by atoms with Gasteiger partial charge in [0.1, 0.15) is 29.2 Å². The third-order valence-corrected chi connectivity index (χ3v) is 5.77. The van der Waals surface area contributed by atoms with Crippen molar-refractivity contribution in [2.45, 2.75) is 25.2 Å². The van der Waals surface area contributed by atoms with Crippen LogP contribution in [0, 0.1) is 11.6 Å². The maximum atomic E-state index is 14.7. The van der Waals surface area contributed by atoms with Crippen LogP contribution in [0.4, 0.5) is 18.9 Å². The number of aryl methyl sites for hydroxylation is 1. The summed E-state index contributed by atoms with van der Waals surface area (Å²) < 4.78 is 56.0. The second-order valence-electron chi connectivity index (χ2n) is 7.91. The molecule has 5 rings (SSSR count). The number of ether oxygens (including phenoxy) is 2. The Morgan fingerprint density at radius 3 is 2.73 bits per heavy atom. The van der Waals surface area contributed by atoms with Gasteiger partial charge in [-0.15, -0.1) is 0 Å². The number of halogens is 3. The number of carbonyl (C=O) groups excluding carboxylic acids is 1. The zero-order chi connectivity index (χ0) is 23.1. The molecule has 4 heterocycles. The fourth-order valence-corrected chi connectivity index (χ4v) is 4.20. The van der Waals surface area contributed by atoms with Gasteiger partial charge in [0.2, 0.25) is 12.7 Å². The van der Waals surface area contributed by atoms with Crippen LogP contribution in [0.2, 0.25) is 0 Å². The first kappa shape index (κ1) is 21.3. The second-order valence-corrected chi connectivity index (χ2v) is 7.91. The molecular weight excluding hydrogens is 439 g/mol. The third kappa shape index (κ3) is 3.99. The van der Waals surface area contributed by atoms with Gasteiger partial charge in [0.15, 0.2) is 11.5 Å². The molecule has 0 bridgehead atoms. The van der Waals surface area contributed by atoms with Gasteiger partial charge in [-0.2, -0.15) is 5.10 Å². The van der Waals surface area contributed by atoms with Crippen molar-refractivity contribution in [3.05, 3.63) is 54.0 Å². The number of amides is 1. The van der Waals surface area contributed by atoms with E-state index in [0.717, 1.165) is 12.1 Å². The van der Waals surface area contributed by atoms with Gasteiger partial charge in [-0.25, -0.2) is 13.2 Å². The lowest BCUT2D eigenvalue weighted by atomic mass is 10.1. The van der Waals surface area contributed by atoms with E-state index in [9.17, 15) is 18.0 Å². The van der Waals surface area contributed by atoms with Crippen molar-refractivity contribution in [3.8, 4) is 22.8 Å². The van der Waals surface area contributed by atoms with Gasteiger partial charge in [-0.05, 0) is 18.2 Å². The number of anilines is 1. The van der Waals surface area contributed by atoms with Crippen LogP contribution < -0.4 is 14.8 Å². The molecule has 0 radical (unpaired) electrons. The number of rotatable bonds is 5. The molecule has 0 saturated carbocycles. The van der Waals surface area contributed by atoms with E-state index in [4.69, 9.17) is 9.47 Å². The highest BCUT2D eigenvalue weighted by molar-refractivity contribution is 5.95. The minimum Gasteiger partial charge on any atom is -0.453 e. The quantitative estimate of drug-likeness (QED) is 0.632. The van der Waals surface area contributed by atoms with Crippen molar-refractivity contribution < 1.29 is 27.4 Å². The van der Waals surface area contributed by atoms with Gasteiger partial charge >= 0.3 is 0 Å². The zero-order valence-corrected chi connectivity index (χ0v) is 17.6. The number of pyridine rings is 1. The van der Waals surface area contributed by atoms with E-state index < -0.39 is 35.4 Å². The first-order chi connectivity index (χ1) is 15.9. The van der Waals surface area contributed by atoms with Crippen molar-refractivity contribution in [2.24, 2.45) is 7.05 Å². The number of hydrogen-bond acceptors (Lipinski definition) is 6. The molecule has 3 aromatic rings. The molecule has 2 aliphatic heterocycles. The lowest BCUT2D eigenvalue weighted by Gasteiger charge is -2.23. The van der Waals surface area contributed by atoms with Crippen LogP contribution in [0.3, 0.4) is 0 Å². The summed E-state index contributed by atoms with van der Waals surface area (Å²) in [6.07, 6.45) is 1.68. The Hall–Kier alpha value is -3.60. The second kappa shape index (κ2) is 8.39. The van der Waals surface area contributed by atoms with Crippen LogP contribution in [-0.2, 0) is 18.4 Å². The van der Waals surface area contributed by atoms with Crippen molar-refractivity contribution in [1.29, 1.82) is 0 Å². The molecule has 33 heavy (non-hydrogen) atoms. The minimum atomic E-state index is -1.27. The average Bonchev–Trinajstić information content (AvgIpc) is 3.50. The molecular formula is C22H20F3N5O3. The van der Waals surface area contributed by atoms with E-state index in [-0.39, 0.29) is 31.9 Å². The molecule has 1 N–H and O–H groups in total. The summed E-state index contributed by atoms with van der Waals surface area (Å²) in [6.45, 7) is 0.154. The largest absolute Gasteiger partial charge is 0.453 e. The SMILES string of the molecule is Cn1nccc1-c1cc(F)c(NC(=O)[C@H]2C[C@H](F)CN2Cc2nccc3c2OCO3)c(F)c1. The predicted molar refractivity (Wildman–Crippen MR) is 111 cm³/mol. The van der Waals surface area contributed by atoms with Gasteiger partial charge in [-0.3, -0.25) is 19.4 Å². The molecule has 2 aromatic heterocycles. The summed E-state index contributed by atoms with van der Waals surface area (Å²) in [5, 5.41) is 6.29. The highest BCUT2D eigenvalue weighted by atomic mass is 19.1. The van der Waals surface area contributed by atoms with E-state index in [0.29, 0.717) is 22.9 Å². The van der Waals surface area contributed by atoms with Gasteiger partial charge in [0.05, 0.1) is 11.7 Å². The maximum absolute atomic E-state index is 14.7. The van der Waals surface area contributed by atoms with Crippen LogP contribution in [-0.4, -0.2) is 51.1 Å². The van der Waals surface area contributed by atoms with E-state index in [1.807, 2.05) is 0 Å². The number of fused-ring (bicyclic) bond motifs is 1. The lowest BCUT2D eigenvalue weighted by molar-refractivity contribution is -0.120. The summed E-state index contributed by atoms with van der Waals surface area (Å²) in [6, 6.07) is 4.57. The molecule has 0 unspecified atom stereocenters. The number of nitrogens with one attached hydrogen (secondary N) is 1. The number of aromatic nitrogens is 3. The molecule has 1 amide bonds. The van der Waals surface area contributed by atoms with E-state index in [1.54, 1.807) is 24.1 Å². The van der Waals surface area contributed by atoms with Crippen LogP contribution in [0.1, 0.15) is 12.1 Å². The molecule has 2 aliphatic rings. The molecule has 172 valence electrons. The van der Waals surface area contributed by atoms with Crippen LogP contribution in [0.15, 0.2) is 36.7 Å². The molecule has 1 saturated heterocycles. The van der Waals surface area contributed by atoms with E-state index >= 15 is 0 Å². The topological polar surface area (TPSA) is 81.5 Å². The Bertz CT molecular complexity index is 1190. The Labute approximate surface area is 186 Å². The molecule has 0 spiro atoms. The van der Waals surface area contributed by atoms with Crippen molar-refractivity contribution >= 4 is 11.6 Å². The predicted octanol–water partition coefficient (Wildman–Crippen LogP) is 3.04. The molecule has 2 atom stereocenters. The Morgan fingerprint density at radius 2 is 2.00 bits per heavy atom. The van der Waals surface area contributed by atoms with Gasteiger partial charge in [0.25, 0.3) is 0 Å². The molecule has 11 heteroatoms. The minimum absolute atomic E-state index is 0.0192. The van der Waals surface area contributed by atoms with Crippen molar-refractivity contribution in [3.63, 3.8) is 0 Å². The van der Waals surface area contributed by atoms with E-state index in [1.165, 1.54) is 17.1 Å². The number of nitrogens with zero attached hydrogens (tertiary/aromatic N) is 4. The van der Waals surface area contributed by atoms with Crippen molar-refractivity contribution in [1.82, 2.24) is 19.7 Å². The van der Waals surface area contributed by atoms with Crippen LogP contribution >= 0.6 is 0 Å². The Balaban J connectivity index is 1.35. The summed E-state index contributed by atoms with van der Waals surface area (Å²) in [5.74, 6) is -1.61. The highest BCUT2D eigenvalue weighted by Crippen LogP contribution is 2.36. The Morgan fingerprint density at radius 1 is 1.21 bits per heavy atom. The first-order valence-corrected chi connectivity index (χ1v) is 10.3. The molecule has 1 fully saturated rings. The molecule has 8 nitrogen and oxygen atoms in total. The number of alkyl halides is 1. The smallest absolute Gasteiger partial charge is 0.242 e. The summed E-state index contributed by atoms with van der Waals surface area (Å²) in [5.41, 5.74) is 0.709. The zero-order valence-electron chi connectivity index (χ0n) is 17.6. The first-order valence-electron chi connectivity index (χ1n) is 10.3. The summed E-state index contributed by atoms with van der Waals surface area (Å²) in [4.78, 5) is 18.8. The normalized spacial score (nSPS) is 19.8. The van der Waals surface area contributed by atoms with E-state index in [2.05, 4.69) is 15.4 Å². The number of hydrogen-bond donors (Lipinski definition) is 1.